The number of hydrogen-bond acceptors (Lipinski definition) is 6. The van der Waals surface area contributed by atoms with Crippen LogP contribution >= 0.6 is 0 Å². The van der Waals surface area contributed by atoms with Crippen molar-refractivity contribution in [3.63, 3.8) is 0 Å². The van der Waals surface area contributed by atoms with E-state index in [1.807, 2.05) is 0 Å². The summed E-state index contributed by atoms with van der Waals surface area (Å²) in [6.45, 7) is 0.281. The second-order valence-corrected chi connectivity index (χ2v) is 7.95. The van der Waals surface area contributed by atoms with Crippen LogP contribution in [0.2, 0.25) is 0 Å². The van der Waals surface area contributed by atoms with Crippen molar-refractivity contribution in [3.05, 3.63) is 64.1 Å². The summed E-state index contributed by atoms with van der Waals surface area (Å²) in [4.78, 5) is 28.1. The van der Waals surface area contributed by atoms with Crippen LogP contribution in [-0.4, -0.2) is 52.8 Å². The molecule has 1 aromatic heterocycles. The maximum atomic E-state index is 13.3. The zero-order valence-corrected chi connectivity index (χ0v) is 18.0. The number of oxazole rings is 1. The van der Waals surface area contributed by atoms with Crippen molar-refractivity contribution < 1.29 is 27.5 Å². The van der Waals surface area contributed by atoms with E-state index in [9.17, 15) is 27.9 Å². The number of hydrogen-bond donors (Lipinski definition) is 1. The van der Waals surface area contributed by atoms with Crippen LogP contribution in [0.1, 0.15) is 17.5 Å². The maximum Gasteiger partial charge on any atom is 0.419 e. The van der Waals surface area contributed by atoms with Gasteiger partial charge in [-0.05, 0) is 30.3 Å². The summed E-state index contributed by atoms with van der Waals surface area (Å²) in [5, 5.41) is 18.9. The zero-order chi connectivity index (χ0) is 24.5. The summed E-state index contributed by atoms with van der Waals surface area (Å²) in [5.41, 5.74) is -0.240. The van der Waals surface area contributed by atoms with Crippen molar-refractivity contribution in [2.24, 2.45) is 0 Å². The molecule has 178 valence electrons. The highest BCUT2D eigenvalue weighted by molar-refractivity contribution is 5.78. The number of para-hydroxylation sites is 2. The Hall–Kier alpha value is -3.78. The Morgan fingerprint density at radius 3 is 2.68 bits per heavy atom. The van der Waals surface area contributed by atoms with Gasteiger partial charge >= 0.3 is 11.9 Å². The smallest absolute Gasteiger partial charge is 0.408 e. The zero-order valence-electron chi connectivity index (χ0n) is 18.0. The van der Waals surface area contributed by atoms with E-state index in [1.165, 1.54) is 15.5 Å². The third-order valence-corrected chi connectivity index (χ3v) is 5.93. The minimum atomic E-state index is -4.68. The van der Waals surface area contributed by atoms with Gasteiger partial charge in [0.15, 0.2) is 5.58 Å². The lowest BCUT2D eigenvalue weighted by Crippen LogP contribution is -2.57. The Bertz CT molecular complexity index is 1310. The van der Waals surface area contributed by atoms with Gasteiger partial charge < -0.3 is 19.3 Å². The molecule has 0 aliphatic carbocycles. The fourth-order valence-corrected chi connectivity index (χ4v) is 4.21. The standard InChI is InChI=1S/C23H21F3N4O4/c24-23(25,26)18-11-16(6-5-15(18)12-27)28-9-10-29(17(13-28)14-31)21(32)7-8-30-19-3-1-2-4-20(19)34-22(30)33/h1-6,11,17,31H,7-10,13-14H2. The fourth-order valence-electron chi connectivity index (χ4n) is 4.21. The second kappa shape index (κ2) is 9.23. The molecule has 1 N–H and O–H groups in total. The molecule has 1 aliphatic rings. The number of aryl methyl sites for hydroxylation is 1. The van der Waals surface area contributed by atoms with Gasteiger partial charge in [-0.25, -0.2) is 4.79 Å². The van der Waals surface area contributed by atoms with Crippen molar-refractivity contribution in [3.8, 4) is 6.07 Å². The minimum Gasteiger partial charge on any atom is -0.408 e. The van der Waals surface area contributed by atoms with Gasteiger partial charge in [-0.15, -0.1) is 0 Å². The van der Waals surface area contributed by atoms with E-state index in [0.717, 1.165) is 12.1 Å². The average molecular weight is 474 g/mol. The molecule has 4 rings (SSSR count). The van der Waals surface area contributed by atoms with E-state index in [0.29, 0.717) is 11.1 Å². The summed E-state index contributed by atoms with van der Waals surface area (Å²) in [6, 6.07) is 11.2. The largest absolute Gasteiger partial charge is 0.419 e. The number of nitriles is 1. The first kappa shape index (κ1) is 23.4. The van der Waals surface area contributed by atoms with Crippen molar-refractivity contribution in [2.45, 2.75) is 25.2 Å². The highest BCUT2D eigenvalue weighted by atomic mass is 19.4. The lowest BCUT2D eigenvalue weighted by molar-refractivity contribution is -0.137. The Kier molecular flexibility index (Phi) is 6.34. The Morgan fingerprint density at radius 2 is 1.97 bits per heavy atom. The third-order valence-electron chi connectivity index (χ3n) is 5.93. The van der Waals surface area contributed by atoms with E-state index in [1.54, 1.807) is 35.2 Å². The normalized spacial score (nSPS) is 16.6. The number of fused-ring (bicyclic) bond motifs is 1. The fraction of sp³-hybridized carbons (Fsp3) is 0.348. The summed E-state index contributed by atoms with van der Waals surface area (Å²) >= 11 is 0. The number of aliphatic hydroxyl groups is 1. The van der Waals surface area contributed by atoms with Crippen LogP contribution in [0.4, 0.5) is 18.9 Å². The molecule has 34 heavy (non-hydrogen) atoms. The summed E-state index contributed by atoms with van der Waals surface area (Å²) < 4.78 is 46.5. The van der Waals surface area contributed by atoms with Gasteiger partial charge in [0, 0.05) is 38.3 Å². The first-order valence-electron chi connectivity index (χ1n) is 10.6. The Labute approximate surface area is 192 Å². The monoisotopic (exact) mass is 474 g/mol. The Morgan fingerprint density at radius 1 is 1.21 bits per heavy atom. The van der Waals surface area contributed by atoms with Crippen LogP contribution in [-0.2, 0) is 17.5 Å². The summed E-state index contributed by atoms with van der Waals surface area (Å²) in [5.74, 6) is -0.856. The molecular formula is C23H21F3N4O4. The number of piperazine rings is 1. The number of anilines is 1. The molecule has 1 unspecified atom stereocenters. The molecule has 1 fully saturated rings. The maximum absolute atomic E-state index is 13.3. The molecule has 1 aliphatic heterocycles. The number of halogens is 3. The predicted molar refractivity (Wildman–Crippen MR) is 116 cm³/mol. The molecule has 3 aromatic rings. The van der Waals surface area contributed by atoms with Gasteiger partial charge in [0.25, 0.3) is 0 Å². The quantitative estimate of drug-likeness (QED) is 0.610. The third kappa shape index (κ3) is 4.49. The highest BCUT2D eigenvalue weighted by Gasteiger charge is 2.35. The van der Waals surface area contributed by atoms with Crippen molar-refractivity contribution >= 4 is 22.7 Å². The number of carbonyl (C=O) groups excluding carboxylic acids is 1. The molecule has 1 atom stereocenters. The van der Waals surface area contributed by atoms with Crippen molar-refractivity contribution in [1.29, 1.82) is 5.26 Å². The first-order valence-corrected chi connectivity index (χ1v) is 10.6. The summed E-state index contributed by atoms with van der Waals surface area (Å²) in [7, 11) is 0. The Balaban J connectivity index is 1.46. The van der Waals surface area contributed by atoms with Crippen molar-refractivity contribution in [1.82, 2.24) is 9.47 Å². The number of rotatable bonds is 5. The molecule has 0 spiro atoms. The topological polar surface area (TPSA) is 103 Å². The average Bonchev–Trinajstić information content (AvgIpc) is 3.15. The van der Waals surface area contributed by atoms with Crippen LogP contribution < -0.4 is 10.7 Å². The molecule has 11 heteroatoms. The van der Waals surface area contributed by atoms with Gasteiger partial charge in [-0.2, -0.15) is 18.4 Å². The van der Waals surface area contributed by atoms with Gasteiger partial charge in [-0.1, -0.05) is 12.1 Å². The predicted octanol–water partition coefficient (Wildman–Crippen LogP) is 2.58. The van der Waals surface area contributed by atoms with Gasteiger partial charge in [0.1, 0.15) is 0 Å². The number of nitrogens with zero attached hydrogens (tertiary/aromatic N) is 4. The molecular weight excluding hydrogens is 453 g/mol. The van der Waals surface area contributed by atoms with E-state index >= 15 is 0 Å². The molecule has 1 saturated heterocycles. The van der Waals surface area contributed by atoms with E-state index in [2.05, 4.69) is 0 Å². The van der Waals surface area contributed by atoms with E-state index in [-0.39, 0.29) is 50.8 Å². The number of alkyl halides is 3. The van der Waals surface area contributed by atoms with Crippen LogP contribution in [0.3, 0.4) is 0 Å². The highest BCUT2D eigenvalue weighted by Crippen LogP contribution is 2.35. The SMILES string of the molecule is N#Cc1ccc(N2CCN(C(=O)CCn3c(=O)oc4ccccc43)C(CO)C2)cc1C(F)(F)F. The number of benzene rings is 2. The van der Waals surface area contributed by atoms with E-state index in [4.69, 9.17) is 9.68 Å². The number of aromatic nitrogens is 1. The summed E-state index contributed by atoms with van der Waals surface area (Å²) in [6.07, 6.45) is -4.68. The molecule has 0 saturated carbocycles. The lowest BCUT2D eigenvalue weighted by atomic mass is 10.0. The number of aliphatic hydroxyl groups excluding tert-OH is 1. The number of carbonyl (C=O) groups is 1. The van der Waals surface area contributed by atoms with Crippen LogP contribution in [0, 0.1) is 11.3 Å². The first-order chi connectivity index (χ1) is 16.2. The van der Waals surface area contributed by atoms with Gasteiger partial charge in [0.2, 0.25) is 5.91 Å². The molecule has 2 aromatic carbocycles. The second-order valence-electron chi connectivity index (χ2n) is 7.95. The minimum absolute atomic E-state index is 0.00494. The van der Waals surface area contributed by atoms with Crippen LogP contribution in [0.15, 0.2) is 51.7 Å². The lowest BCUT2D eigenvalue weighted by Gasteiger charge is -2.42. The van der Waals surface area contributed by atoms with Gasteiger partial charge in [0.05, 0.1) is 35.4 Å². The molecule has 8 nitrogen and oxygen atoms in total. The number of amides is 1. The van der Waals surface area contributed by atoms with Crippen LogP contribution in [0.5, 0.6) is 0 Å². The molecule has 2 heterocycles. The van der Waals surface area contributed by atoms with Crippen molar-refractivity contribution in [2.75, 3.05) is 31.1 Å². The molecule has 0 radical (unpaired) electrons. The van der Waals surface area contributed by atoms with Crippen LogP contribution in [0.25, 0.3) is 11.1 Å². The van der Waals surface area contributed by atoms with Gasteiger partial charge in [-0.3, -0.25) is 9.36 Å². The van der Waals surface area contributed by atoms with E-state index < -0.39 is 29.1 Å². The molecule has 0 bridgehead atoms. The molecule has 1 amide bonds.